The second kappa shape index (κ2) is 27.0. The maximum atomic E-state index is 9.87. The molecular formula is C47H45F6N4O4P3Ru+2. The minimum atomic E-state index is -10.7. The first kappa shape index (κ1) is 55.5. The second-order valence-electron chi connectivity index (χ2n) is 12.6. The number of aliphatic hydroxyl groups is 2. The van der Waals surface area contributed by atoms with E-state index in [0.717, 1.165) is 42.3 Å². The zero-order valence-electron chi connectivity index (χ0n) is 34.8. The van der Waals surface area contributed by atoms with Gasteiger partial charge in [-0.25, -0.2) is 4.98 Å². The number of aromatic nitrogens is 3. The zero-order valence-corrected chi connectivity index (χ0v) is 39.4. The Balaban J connectivity index is 0.000000370. The van der Waals surface area contributed by atoms with Crippen molar-refractivity contribution in [1.29, 1.82) is 0 Å². The van der Waals surface area contributed by atoms with Crippen LogP contribution in [0.2, 0.25) is 0 Å². The van der Waals surface area contributed by atoms with Crippen molar-refractivity contribution >= 4 is 55.5 Å². The predicted octanol–water partition coefficient (Wildman–Crippen LogP) is 10.7. The fraction of sp³-hybridized carbons (Fsp3) is 0.0426. The number of hydrogen-bond donors (Lipinski definition) is 2. The number of halogens is 6. The van der Waals surface area contributed by atoms with E-state index in [1.165, 1.54) is 31.8 Å². The Morgan fingerprint density at radius 2 is 0.646 bits per heavy atom. The van der Waals surface area contributed by atoms with Crippen LogP contribution in [0.3, 0.4) is 0 Å². The van der Waals surface area contributed by atoms with Crippen LogP contribution >= 0.6 is 23.7 Å². The summed E-state index contributed by atoms with van der Waals surface area (Å²) in [7, 11) is -10.9. The molecule has 0 saturated heterocycles. The van der Waals surface area contributed by atoms with Gasteiger partial charge in [0.15, 0.2) is 0 Å². The van der Waals surface area contributed by atoms with Gasteiger partial charge in [0.05, 0.1) is 22.8 Å². The van der Waals surface area contributed by atoms with E-state index in [4.69, 9.17) is 20.3 Å². The van der Waals surface area contributed by atoms with Gasteiger partial charge in [-0.2, -0.15) is 0 Å². The molecule has 65 heavy (non-hydrogen) atoms. The van der Waals surface area contributed by atoms with Crippen LogP contribution in [-0.4, -0.2) is 39.4 Å². The fourth-order valence-electron chi connectivity index (χ4n) is 6.04. The van der Waals surface area contributed by atoms with Crippen molar-refractivity contribution in [2.75, 3.05) is 14.2 Å². The summed E-state index contributed by atoms with van der Waals surface area (Å²) in [6, 6.07) is 70.9. The van der Waals surface area contributed by atoms with Crippen LogP contribution < -0.4 is 31.8 Å². The molecule has 0 saturated carbocycles. The molecule has 8 nitrogen and oxygen atoms in total. The molecule has 0 spiro atoms. The number of nitrogens with zero attached hydrogens (tertiary/aromatic N) is 4. The Morgan fingerprint density at radius 3 is 0.892 bits per heavy atom. The van der Waals surface area contributed by atoms with Gasteiger partial charge in [0.25, 0.3) is 0 Å². The smallest absolute Gasteiger partial charge is 0.444 e. The molecule has 0 atom stereocenters. The van der Waals surface area contributed by atoms with Crippen molar-refractivity contribution in [3.05, 3.63) is 223 Å². The van der Waals surface area contributed by atoms with E-state index >= 15 is 0 Å². The van der Waals surface area contributed by atoms with Crippen LogP contribution in [0.1, 0.15) is 0 Å². The molecule has 0 amide bonds. The van der Waals surface area contributed by atoms with Gasteiger partial charge in [0.2, 0.25) is 0 Å². The van der Waals surface area contributed by atoms with Gasteiger partial charge in [-0.05, 0) is 97.1 Å². The number of benzene rings is 5. The van der Waals surface area contributed by atoms with E-state index in [1.807, 2.05) is 54.6 Å². The maximum absolute atomic E-state index is 10.7. The zero-order chi connectivity index (χ0) is 46.9. The molecule has 0 aliphatic carbocycles. The first-order valence-corrected chi connectivity index (χ1v) is 24.0. The van der Waals surface area contributed by atoms with Gasteiger partial charge in [-0.15, -0.1) is 5.34 Å². The summed E-state index contributed by atoms with van der Waals surface area (Å²) >= 11 is 0. The first-order valence-electron chi connectivity index (χ1n) is 19.0. The molecule has 3 aromatic heterocycles. The third-order valence-corrected chi connectivity index (χ3v) is 14.2. The van der Waals surface area contributed by atoms with Crippen LogP contribution in [0.4, 0.5) is 25.2 Å². The Hall–Kier alpha value is -5.64. The van der Waals surface area contributed by atoms with Gasteiger partial charge < -0.3 is 20.3 Å². The summed E-state index contributed by atoms with van der Waals surface area (Å²) in [5, 5.41) is 31.7. The average molecular weight is 1040 g/mol. The first-order chi connectivity index (χ1) is 30.7. The summed E-state index contributed by atoms with van der Waals surface area (Å²) in [6.07, 6.45) is 3.54. The SMILES string of the molecule is CO.CO.F[P-](F)(F)(F)(F)F.O=N[O-].[Ru+2].c1ccc(-c2cccc(-c3ccccn3)n2)nc1.c1ccc([PH+](c2ccccc2)c2ccccc2[PH+](c2ccccc2)c2ccccc2)cc1. The van der Waals surface area contributed by atoms with Crippen molar-refractivity contribution in [1.82, 2.24) is 15.0 Å². The normalized spacial score (nSPS) is 11.1. The van der Waals surface area contributed by atoms with Crippen LogP contribution in [0.15, 0.2) is 218 Å². The van der Waals surface area contributed by atoms with Crippen LogP contribution in [-0.2, 0) is 19.5 Å². The second-order valence-corrected chi connectivity index (χ2v) is 19.4. The molecule has 0 aliphatic rings. The Labute approximate surface area is 388 Å². The number of hydrogen-bond acceptors (Lipinski definition) is 8. The number of pyridine rings is 3. The van der Waals surface area contributed by atoms with Crippen molar-refractivity contribution in [2.45, 2.75) is 0 Å². The maximum Gasteiger partial charge on any atom is 2.00 e. The largest absolute Gasteiger partial charge is 2.00 e. The third kappa shape index (κ3) is 20.4. The summed E-state index contributed by atoms with van der Waals surface area (Å²) in [4.78, 5) is 21.2. The van der Waals surface area contributed by atoms with Crippen LogP contribution in [0.5, 0.6) is 0 Å². The third-order valence-electron chi connectivity index (χ3n) is 8.32. The summed E-state index contributed by atoms with van der Waals surface area (Å²) in [5.41, 5.74) is 3.46. The van der Waals surface area contributed by atoms with E-state index in [2.05, 4.69) is 161 Å². The van der Waals surface area contributed by atoms with Gasteiger partial charge in [0.1, 0.15) is 47.7 Å². The van der Waals surface area contributed by atoms with Crippen molar-refractivity contribution < 1.29 is 54.9 Å². The minimum absolute atomic E-state index is 0. The van der Waals surface area contributed by atoms with Gasteiger partial charge in [-0.3, -0.25) is 9.97 Å². The molecule has 0 unspecified atom stereocenters. The van der Waals surface area contributed by atoms with E-state index < -0.39 is 23.7 Å². The predicted molar refractivity (Wildman–Crippen MR) is 256 cm³/mol. The van der Waals surface area contributed by atoms with E-state index in [0.29, 0.717) is 0 Å². The fourth-order valence-corrected chi connectivity index (χ4v) is 12.0. The van der Waals surface area contributed by atoms with E-state index in [9.17, 15) is 25.2 Å². The minimum Gasteiger partial charge on any atom is -0.444 e. The van der Waals surface area contributed by atoms with Crippen LogP contribution in [0, 0.1) is 10.1 Å². The molecule has 8 rings (SSSR count). The number of aliphatic hydroxyl groups excluding tert-OH is 2. The van der Waals surface area contributed by atoms with E-state index in [1.54, 1.807) is 12.4 Å². The molecule has 0 aliphatic heterocycles. The van der Waals surface area contributed by atoms with Gasteiger partial charge in [0, 0.05) is 26.6 Å². The molecule has 0 bridgehead atoms. The number of rotatable bonds is 8. The molecule has 0 fully saturated rings. The topological polar surface area (TPSA) is 132 Å². The quantitative estimate of drug-likeness (QED) is 0.0509. The van der Waals surface area contributed by atoms with Gasteiger partial charge in [-0.1, -0.05) is 103 Å². The van der Waals surface area contributed by atoms with Crippen molar-refractivity contribution in [3.8, 4) is 22.8 Å². The summed E-state index contributed by atoms with van der Waals surface area (Å²) < 4.78 is 59.2. The molecule has 5 aromatic carbocycles. The van der Waals surface area contributed by atoms with Crippen molar-refractivity contribution in [2.24, 2.45) is 5.34 Å². The van der Waals surface area contributed by atoms with E-state index in [-0.39, 0.29) is 19.5 Å². The molecule has 340 valence electrons. The van der Waals surface area contributed by atoms with Gasteiger partial charge >= 0.3 is 52.5 Å². The molecule has 18 heteroatoms. The average Bonchev–Trinajstić information content (AvgIpc) is 3.33. The Morgan fingerprint density at radius 1 is 0.415 bits per heavy atom. The standard InChI is InChI=1S/C30H24P2.C15H11N3.2CH4O.F6P.HNO2.Ru/c1-5-15-25(16-6-1)31(26-17-7-2-8-18-26)29-23-13-14-24-30(29)32(27-19-9-3-10-20-27)28-21-11-4-12-22-28;1-3-10-16-12(6-1)14-8-5-9-15(18-14)13-7-2-4-11-17-13;2*1-2;1-7(2,3,4,5)6;2-1-3;/h1-24H;1-11H;2*2H,1H3;;(H,2,3);/q;;;;-1;;+2/p+1. The molecule has 0 radical (unpaired) electrons. The molecule has 8 aromatic rings. The monoisotopic (exact) mass is 1040 g/mol. The van der Waals surface area contributed by atoms with Crippen LogP contribution in [0.25, 0.3) is 22.8 Å². The Kier molecular flexibility index (Phi) is 23.0. The Bertz CT molecular complexity index is 2290. The molecular weight excluding hydrogens is 993 g/mol. The summed E-state index contributed by atoms with van der Waals surface area (Å²) in [6.45, 7) is 0. The van der Waals surface area contributed by atoms with Crippen molar-refractivity contribution in [3.63, 3.8) is 0 Å². The molecule has 2 N–H and O–H groups in total. The molecule has 3 heterocycles. The summed E-state index contributed by atoms with van der Waals surface area (Å²) in [5.74, 6) is 0.